The third kappa shape index (κ3) is 2.75. The van der Waals surface area contributed by atoms with E-state index in [9.17, 15) is 12.3 Å². The molecule has 0 radical (unpaired) electrons. The average Bonchev–Trinajstić information content (AvgIpc) is 2.90. The highest BCUT2D eigenvalue weighted by Crippen LogP contribution is 2.31. The van der Waals surface area contributed by atoms with Crippen LogP contribution in [0.1, 0.15) is 5.56 Å². The minimum atomic E-state index is -4.76. The van der Waals surface area contributed by atoms with Crippen LogP contribution < -0.4 is 4.74 Å². The Morgan fingerprint density at radius 1 is 1.05 bits per heavy atom. The molecule has 0 fully saturated rings. The van der Waals surface area contributed by atoms with Crippen LogP contribution >= 0.6 is 0 Å². The van der Waals surface area contributed by atoms with E-state index in [2.05, 4.69) is 4.98 Å². The summed E-state index contributed by atoms with van der Waals surface area (Å²) in [4.78, 5) is 2.38. The number of hydrogen-bond donors (Lipinski definition) is 1. The highest BCUT2D eigenvalue weighted by molar-refractivity contribution is 7.86. The Balaban J connectivity index is 1.95. The topological polar surface area (TPSA) is 59.2 Å². The highest BCUT2D eigenvalue weighted by atomic mass is 32.3. The number of benzene rings is 2. The van der Waals surface area contributed by atoms with E-state index in [-0.39, 0.29) is 10.3 Å². The number of para-hydroxylation sites is 1. The van der Waals surface area contributed by atoms with Gasteiger partial charge in [-0.3, -0.25) is 0 Å². The lowest BCUT2D eigenvalue weighted by Gasteiger charge is -2.07. The lowest BCUT2D eigenvalue weighted by atomic mass is 10.2. The molecule has 108 valence electrons. The zero-order valence-corrected chi connectivity index (χ0v) is 11.7. The molecule has 0 amide bonds. The molecule has 3 rings (SSSR count). The molecule has 0 atom stereocenters. The van der Waals surface area contributed by atoms with E-state index < -0.39 is 10.2 Å². The van der Waals surface area contributed by atoms with Gasteiger partial charge in [0.15, 0.2) is 0 Å². The van der Waals surface area contributed by atoms with E-state index in [1.165, 1.54) is 6.07 Å². The molecule has 0 aliphatic carbocycles. The number of H-pyrrole nitrogens is 1. The first-order valence-electron chi connectivity index (χ1n) is 6.27. The number of ether oxygens (including phenoxy) is 1. The van der Waals surface area contributed by atoms with Gasteiger partial charge in [0.25, 0.3) is 0 Å². The van der Waals surface area contributed by atoms with Crippen LogP contribution in [0.25, 0.3) is 10.9 Å². The molecule has 0 spiro atoms. The average molecular weight is 305 g/mol. The standard InChI is InChI=1S/C15H12FNO3S/c16-21(18,19)14-9-17-15-12(14)7-4-8-13(15)20-10-11-5-2-1-3-6-11/h1-9,17H,10H2. The Labute approximate surface area is 121 Å². The summed E-state index contributed by atoms with van der Waals surface area (Å²) in [5, 5.41) is 0.281. The van der Waals surface area contributed by atoms with Crippen molar-refractivity contribution in [1.82, 2.24) is 4.98 Å². The van der Waals surface area contributed by atoms with E-state index in [0.29, 0.717) is 17.9 Å². The maximum Gasteiger partial charge on any atom is 0.334 e. The molecule has 0 saturated heterocycles. The Bertz CT molecular complexity index is 872. The van der Waals surface area contributed by atoms with Gasteiger partial charge in [0.1, 0.15) is 17.3 Å². The molecular weight excluding hydrogens is 293 g/mol. The fraction of sp³-hybridized carbons (Fsp3) is 0.0667. The minimum Gasteiger partial charge on any atom is -0.487 e. The van der Waals surface area contributed by atoms with Crippen LogP contribution in [0.3, 0.4) is 0 Å². The molecule has 1 heterocycles. The van der Waals surface area contributed by atoms with E-state index in [1.807, 2.05) is 30.3 Å². The van der Waals surface area contributed by atoms with Gasteiger partial charge in [-0.05, 0) is 11.6 Å². The summed E-state index contributed by atoms with van der Waals surface area (Å²) in [5.74, 6) is 0.478. The summed E-state index contributed by atoms with van der Waals surface area (Å²) >= 11 is 0. The van der Waals surface area contributed by atoms with Gasteiger partial charge in [0.05, 0.1) is 5.52 Å². The molecule has 0 aliphatic rings. The van der Waals surface area contributed by atoms with Gasteiger partial charge >= 0.3 is 10.2 Å². The zero-order valence-electron chi connectivity index (χ0n) is 10.9. The van der Waals surface area contributed by atoms with Crippen LogP contribution in [0.15, 0.2) is 59.6 Å². The molecule has 3 aromatic rings. The van der Waals surface area contributed by atoms with E-state index in [4.69, 9.17) is 4.74 Å². The summed E-state index contributed by atoms with van der Waals surface area (Å²) in [6.07, 6.45) is 1.13. The van der Waals surface area contributed by atoms with Gasteiger partial charge in [-0.1, -0.05) is 42.5 Å². The van der Waals surface area contributed by atoms with Crippen molar-refractivity contribution in [1.29, 1.82) is 0 Å². The number of rotatable bonds is 4. The fourth-order valence-corrected chi connectivity index (χ4v) is 2.79. The zero-order chi connectivity index (χ0) is 14.9. The van der Waals surface area contributed by atoms with Gasteiger partial charge in [-0.25, -0.2) is 0 Å². The van der Waals surface area contributed by atoms with Crippen molar-refractivity contribution < 1.29 is 17.0 Å². The van der Waals surface area contributed by atoms with Gasteiger partial charge < -0.3 is 9.72 Å². The number of nitrogens with one attached hydrogen (secondary N) is 1. The third-order valence-corrected chi connectivity index (χ3v) is 4.00. The van der Waals surface area contributed by atoms with Crippen LogP contribution in [0.2, 0.25) is 0 Å². The van der Waals surface area contributed by atoms with Crippen LogP contribution in [0.5, 0.6) is 5.75 Å². The second-order valence-electron chi connectivity index (χ2n) is 4.54. The van der Waals surface area contributed by atoms with Gasteiger partial charge in [-0.15, -0.1) is 3.89 Å². The predicted octanol–water partition coefficient (Wildman–Crippen LogP) is 3.41. The first kappa shape index (κ1) is 13.6. The molecule has 0 aliphatic heterocycles. The molecule has 0 unspecified atom stereocenters. The van der Waals surface area contributed by atoms with Gasteiger partial charge in [0, 0.05) is 11.6 Å². The summed E-state index contributed by atoms with van der Waals surface area (Å²) in [6, 6.07) is 14.4. The SMILES string of the molecule is O=S(=O)(F)c1c[nH]c2c(OCc3ccccc3)cccc12. The number of aromatic nitrogens is 1. The highest BCUT2D eigenvalue weighted by Gasteiger charge is 2.19. The molecule has 2 aromatic carbocycles. The summed E-state index contributed by atoms with van der Waals surface area (Å²) in [7, 11) is -4.76. The van der Waals surface area contributed by atoms with Gasteiger partial charge in [-0.2, -0.15) is 8.42 Å². The van der Waals surface area contributed by atoms with Crippen LogP contribution in [-0.2, 0) is 16.8 Å². The largest absolute Gasteiger partial charge is 0.487 e. The Kier molecular flexibility index (Phi) is 3.39. The van der Waals surface area contributed by atoms with Crippen molar-refractivity contribution in [3.05, 3.63) is 60.3 Å². The molecule has 6 heteroatoms. The molecule has 1 N–H and O–H groups in total. The fourth-order valence-electron chi connectivity index (χ4n) is 2.16. The summed E-state index contributed by atoms with van der Waals surface area (Å²) < 4.78 is 41.0. The van der Waals surface area contributed by atoms with Gasteiger partial charge in [0.2, 0.25) is 0 Å². The number of fused-ring (bicyclic) bond motifs is 1. The number of aromatic amines is 1. The Hall–Kier alpha value is -2.34. The second kappa shape index (κ2) is 5.21. The number of halogens is 1. The quantitative estimate of drug-likeness (QED) is 0.751. The van der Waals surface area contributed by atoms with E-state index in [1.54, 1.807) is 12.1 Å². The third-order valence-electron chi connectivity index (χ3n) is 3.14. The first-order valence-corrected chi connectivity index (χ1v) is 7.65. The predicted molar refractivity (Wildman–Crippen MR) is 77.4 cm³/mol. The number of hydrogen-bond acceptors (Lipinski definition) is 3. The van der Waals surface area contributed by atoms with E-state index >= 15 is 0 Å². The normalized spacial score (nSPS) is 11.7. The lowest BCUT2D eigenvalue weighted by Crippen LogP contribution is -1.95. The minimum absolute atomic E-state index is 0.281. The van der Waals surface area contributed by atoms with Crippen LogP contribution in [-0.4, -0.2) is 13.4 Å². The lowest BCUT2D eigenvalue weighted by molar-refractivity contribution is 0.309. The van der Waals surface area contributed by atoms with Crippen molar-refractivity contribution in [2.75, 3.05) is 0 Å². The van der Waals surface area contributed by atoms with Crippen molar-refractivity contribution in [2.45, 2.75) is 11.5 Å². The smallest absolute Gasteiger partial charge is 0.334 e. The first-order chi connectivity index (χ1) is 10.1. The Morgan fingerprint density at radius 3 is 2.52 bits per heavy atom. The van der Waals surface area contributed by atoms with Crippen LogP contribution in [0.4, 0.5) is 3.89 Å². The summed E-state index contributed by atoms with van der Waals surface area (Å²) in [5.41, 5.74) is 1.45. The molecule has 4 nitrogen and oxygen atoms in total. The van der Waals surface area contributed by atoms with Crippen molar-refractivity contribution in [3.8, 4) is 5.75 Å². The second-order valence-corrected chi connectivity index (χ2v) is 5.86. The van der Waals surface area contributed by atoms with Crippen molar-refractivity contribution in [3.63, 3.8) is 0 Å². The molecule has 0 bridgehead atoms. The summed E-state index contributed by atoms with van der Waals surface area (Å²) in [6.45, 7) is 0.344. The molecule has 21 heavy (non-hydrogen) atoms. The van der Waals surface area contributed by atoms with Crippen molar-refractivity contribution in [2.24, 2.45) is 0 Å². The maximum absolute atomic E-state index is 13.2. The molecule has 0 saturated carbocycles. The van der Waals surface area contributed by atoms with Crippen molar-refractivity contribution >= 4 is 21.1 Å². The maximum atomic E-state index is 13.2. The Morgan fingerprint density at radius 2 is 1.81 bits per heavy atom. The molecular formula is C15H12FNO3S. The van der Waals surface area contributed by atoms with E-state index in [0.717, 1.165) is 11.8 Å². The monoisotopic (exact) mass is 305 g/mol. The molecule has 1 aromatic heterocycles. The van der Waals surface area contributed by atoms with Crippen LogP contribution in [0, 0.1) is 0 Å².